The molecule has 0 aliphatic carbocycles. The summed E-state index contributed by atoms with van der Waals surface area (Å²) >= 11 is 6.16. The van der Waals surface area contributed by atoms with E-state index in [-0.39, 0.29) is 23.5 Å². The van der Waals surface area contributed by atoms with Crippen LogP contribution in [0.25, 0.3) is 0 Å². The Balaban J connectivity index is 1.85. The number of likely N-dealkylation sites (tertiary alicyclic amines) is 1. The quantitative estimate of drug-likeness (QED) is 0.611. The number of carbonyl (C=O) groups excluding carboxylic acids is 2. The molecule has 0 radical (unpaired) electrons. The van der Waals surface area contributed by atoms with Crippen LogP contribution in [0, 0.1) is 5.92 Å². The molecule has 1 aliphatic rings. The molecule has 1 aromatic rings. The van der Waals surface area contributed by atoms with Crippen molar-refractivity contribution in [1.29, 1.82) is 0 Å². The van der Waals surface area contributed by atoms with Crippen LogP contribution in [-0.4, -0.2) is 36.3 Å². The average molecular weight is 394 g/mol. The molecule has 1 heterocycles. The molecule has 1 aliphatic heterocycles. The first-order chi connectivity index (χ1) is 12.7. The summed E-state index contributed by atoms with van der Waals surface area (Å²) in [4.78, 5) is 25.7. The number of amides is 1. The van der Waals surface area contributed by atoms with Gasteiger partial charge in [-0.3, -0.25) is 9.59 Å². The maximum Gasteiger partial charge on any atom is 0.230 e. The molecule has 0 saturated carbocycles. The van der Waals surface area contributed by atoms with Crippen LogP contribution in [0.4, 0.5) is 0 Å². The summed E-state index contributed by atoms with van der Waals surface area (Å²) in [6, 6.07) is 5.78. The molecule has 1 amide bonds. The minimum Gasteiger partial charge on any atom is -0.493 e. The molecular formula is C22H32ClNO3. The number of Topliss-reactive ketones (excluding diaryl/α,β-unsaturated/α-hetero) is 1. The first-order valence-electron chi connectivity index (χ1n) is 9.93. The Morgan fingerprint density at radius 1 is 1.22 bits per heavy atom. The number of piperidine rings is 1. The molecule has 0 aromatic heterocycles. The van der Waals surface area contributed by atoms with Gasteiger partial charge in [-0.1, -0.05) is 39.3 Å². The van der Waals surface area contributed by atoms with Crippen molar-refractivity contribution in [2.45, 2.75) is 65.2 Å². The summed E-state index contributed by atoms with van der Waals surface area (Å²) in [5, 5.41) is 0.719. The third kappa shape index (κ3) is 6.53. The van der Waals surface area contributed by atoms with Gasteiger partial charge in [0.05, 0.1) is 13.0 Å². The predicted octanol–water partition coefficient (Wildman–Crippen LogP) is 5.01. The number of hydrogen-bond acceptors (Lipinski definition) is 3. The van der Waals surface area contributed by atoms with Crippen molar-refractivity contribution in [3.63, 3.8) is 0 Å². The van der Waals surface area contributed by atoms with E-state index in [2.05, 4.69) is 20.8 Å². The van der Waals surface area contributed by atoms with Gasteiger partial charge in [0.2, 0.25) is 5.91 Å². The third-order valence-electron chi connectivity index (χ3n) is 5.07. The van der Waals surface area contributed by atoms with E-state index in [0.29, 0.717) is 32.0 Å². The monoisotopic (exact) mass is 393 g/mol. The van der Waals surface area contributed by atoms with Crippen molar-refractivity contribution >= 4 is 23.3 Å². The van der Waals surface area contributed by atoms with Gasteiger partial charge in [-0.25, -0.2) is 0 Å². The minimum absolute atomic E-state index is 0.0273. The molecule has 27 heavy (non-hydrogen) atoms. The Morgan fingerprint density at radius 2 is 1.89 bits per heavy atom. The Morgan fingerprint density at radius 3 is 2.48 bits per heavy atom. The maximum atomic E-state index is 12.2. The molecule has 0 N–H and O–H groups in total. The van der Waals surface area contributed by atoms with E-state index in [1.54, 1.807) is 0 Å². The van der Waals surface area contributed by atoms with Gasteiger partial charge in [-0.15, -0.1) is 0 Å². The van der Waals surface area contributed by atoms with Crippen molar-refractivity contribution in [1.82, 2.24) is 4.90 Å². The van der Waals surface area contributed by atoms with Crippen LogP contribution in [0.15, 0.2) is 18.2 Å². The van der Waals surface area contributed by atoms with Crippen molar-refractivity contribution in [3.8, 4) is 5.75 Å². The number of ketones is 1. The molecule has 0 bridgehead atoms. The first kappa shape index (κ1) is 21.7. The van der Waals surface area contributed by atoms with E-state index in [1.807, 2.05) is 30.0 Å². The van der Waals surface area contributed by atoms with Crippen LogP contribution < -0.4 is 4.74 Å². The van der Waals surface area contributed by atoms with Crippen LogP contribution in [0.3, 0.4) is 0 Å². The average Bonchev–Trinajstić information content (AvgIpc) is 2.60. The normalized spacial score (nSPS) is 15.7. The Labute approximate surface area is 168 Å². The number of carbonyl (C=O) groups is 2. The lowest BCUT2D eigenvalue weighted by Crippen LogP contribution is -2.40. The molecule has 5 heteroatoms. The summed E-state index contributed by atoms with van der Waals surface area (Å²) in [7, 11) is 0. The molecular weight excluding hydrogens is 362 g/mol. The van der Waals surface area contributed by atoms with Gasteiger partial charge >= 0.3 is 0 Å². The third-order valence-corrected chi connectivity index (χ3v) is 5.30. The topological polar surface area (TPSA) is 46.6 Å². The molecule has 1 fully saturated rings. The van der Waals surface area contributed by atoms with E-state index in [9.17, 15) is 9.59 Å². The molecule has 150 valence electrons. The van der Waals surface area contributed by atoms with Crippen LogP contribution >= 0.6 is 11.6 Å². The Bertz CT molecular complexity index is 658. The fourth-order valence-corrected chi connectivity index (χ4v) is 3.59. The smallest absolute Gasteiger partial charge is 0.230 e. The highest BCUT2D eigenvalue weighted by Gasteiger charge is 2.25. The summed E-state index contributed by atoms with van der Waals surface area (Å²) in [6.45, 7) is 10.5. The molecule has 1 saturated heterocycles. The fraction of sp³-hybridized carbons (Fsp3) is 0.636. The van der Waals surface area contributed by atoms with Gasteiger partial charge in [-0.2, -0.15) is 0 Å². The molecule has 0 atom stereocenters. The van der Waals surface area contributed by atoms with E-state index in [4.69, 9.17) is 16.3 Å². The highest BCUT2D eigenvalue weighted by atomic mass is 35.5. The second kappa shape index (κ2) is 9.59. The number of benzene rings is 1. The molecule has 2 rings (SSSR count). The van der Waals surface area contributed by atoms with Gasteiger partial charge in [0.1, 0.15) is 11.5 Å². The van der Waals surface area contributed by atoms with Gasteiger partial charge in [0.25, 0.3) is 0 Å². The maximum absolute atomic E-state index is 12.2. The van der Waals surface area contributed by atoms with Crippen molar-refractivity contribution in [2.24, 2.45) is 5.92 Å². The summed E-state index contributed by atoms with van der Waals surface area (Å²) < 4.78 is 6.13. The minimum atomic E-state index is -0.0406. The van der Waals surface area contributed by atoms with Gasteiger partial charge in [0, 0.05) is 30.1 Å². The van der Waals surface area contributed by atoms with Gasteiger partial charge in [0.15, 0.2) is 0 Å². The summed E-state index contributed by atoms with van der Waals surface area (Å²) in [5.41, 5.74) is 1.07. The lowest BCUT2D eigenvalue weighted by Gasteiger charge is -2.32. The van der Waals surface area contributed by atoms with E-state index in [1.165, 1.54) is 0 Å². The highest BCUT2D eigenvalue weighted by molar-refractivity contribution is 6.30. The predicted molar refractivity (Wildman–Crippen MR) is 109 cm³/mol. The van der Waals surface area contributed by atoms with Crippen LogP contribution in [0.1, 0.15) is 65.4 Å². The van der Waals surface area contributed by atoms with E-state index in [0.717, 1.165) is 35.6 Å². The number of rotatable bonds is 7. The lowest BCUT2D eigenvalue weighted by atomic mass is 9.86. The van der Waals surface area contributed by atoms with E-state index >= 15 is 0 Å². The summed E-state index contributed by atoms with van der Waals surface area (Å²) in [6.07, 6.45) is 3.16. The zero-order chi connectivity index (χ0) is 20.0. The molecule has 0 unspecified atom stereocenters. The lowest BCUT2D eigenvalue weighted by molar-refractivity contribution is -0.136. The fourth-order valence-electron chi connectivity index (χ4n) is 3.42. The number of nitrogens with zero attached hydrogens (tertiary/aromatic N) is 1. The van der Waals surface area contributed by atoms with Crippen LogP contribution in [-0.2, 0) is 15.0 Å². The highest BCUT2D eigenvalue weighted by Crippen LogP contribution is 2.34. The largest absolute Gasteiger partial charge is 0.493 e. The van der Waals surface area contributed by atoms with Gasteiger partial charge in [-0.05, 0) is 48.8 Å². The van der Waals surface area contributed by atoms with Crippen LogP contribution in [0.2, 0.25) is 5.02 Å². The zero-order valence-electron chi connectivity index (χ0n) is 17.0. The van der Waals surface area contributed by atoms with E-state index < -0.39 is 0 Å². The summed E-state index contributed by atoms with van der Waals surface area (Å²) in [5.74, 6) is 1.32. The van der Waals surface area contributed by atoms with Gasteiger partial charge < -0.3 is 9.64 Å². The van der Waals surface area contributed by atoms with Crippen LogP contribution in [0.5, 0.6) is 5.75 Å². The number of ether oxygens (including phenoxy) is 1. The standard InChI is InChI=1S/C22H32ClNO3/c1-5-6-18(25)14-21(26)24-11-9-16(10-12-24)15-27-20-8-7-17(23)13-19(20)22(2,3)4/h7-8,13,16H,5-6,9-12,14-15H2,1-4H3. The SMILES string of the molecule is CCCC(=O)CC(=O)N1CCC(COc2ccc(Cl)cc2C(C)(C)C)CC1. The molecule has 4 nitrogen and oxygen atoms in total. The number of hydrogen-bond donors (Lipinski definition) is 0. The second-order valence-electron chi connectivity index (χ2n) is 8.49. The van der Waals surface area contributed by atoms with Crippen molar-refractivity contribution in [3.05, 3.63) is 28.8 Å². The first-order valence-corrected chi connectivity index (χ1v) is 10.3. The van der Waals surface area contributed by atoms with Crippen molar-refractivity contribution < 1.29 is 14.3 Å². The Hall–Kier alpha value is -1.55. The Kier molecular flexibility index (Phi) is 7.72. The second-order valence-corrected chi connectivity index (χ2v) is 8.93. The zero-order valence-corrected chi connectivity index (χ0v) is 17.8. The van der Waals surface area contributed by atoms with Crippen molar-refractivity contribution in [2.75, 3.05) is 19.7 Å². The number of halogens is 1. The molecule has 0 spiro atoms. The molecule has 1 aromatic carbocycles.